The standard InChI is InChI=1S/C19H22N2O4/c22-18(14-15-6-2-1-3-7-15)20-12-4-5-13-25-17-10-8-16(9-11-17)19(23)21-24/h1-3,6-11,24H,4-5,12-14H2,(H,20,22)(H,21,23). The molecule has 0 spiro atoms. The minimum atomic E-state index is -0.558. The van der Waals surface area contributed by atoms with Gasteiger partial charge in [-0.05, 0) is 42.7 Å². The van der Waals surface area contributed by atoms with Gasteiger partial charge >= 0.3 is 0 Å². The van der Waals surface area contributed by atoms with Gasteiger partial charge in [0, 0.05) is 12.1 Å². The molecule has 0 aliphatic rings. The lowest BCUT2D eigenvalue weighted by atomic mass is 10.1. The van der Waals surface area contributed by atoms with E-state index in [2.05, 4.69) is 5.32 Å². The highest BCUT2D eigenvalue weighted by atomic mass is 16.5. The van der Waals surface area contributed by atoms with Crippen LogP contribution in [0.4, 0.5) is 0 Å². The predicted molar refractivity (Wildman–Crippen MR) is 93.6 cm³/mol. The van der Waals surface area contributed by atoms with Crippen molar-refractivity contribution in [1.29, 1.82) is 0 Å². The lowest BCUT2D eigenvalue weighted by Gasteiger charge is -2.08. The topological polar surface area (TPSA) is 87.7 Å². The van der Waals surface area contributed by atoms with Crippen LogP contribution >= 0.6 is 0 Å². The van der Waals surface area contributed by atoms with Crippen LogP contribution in [0.3, 0.4) is 0 Å². The molecule has 3 N–H and O–H groups in total. The molecule has 0 atom stereocenters. The fourth-order valence-corrected chi connectivity index (χ4v) is 2.26. The zero-order valence-electron chi connectivity index (χ0n) is 13.9. The number of hydroxylamine groups is 1. The molecule has 0 aliphatic carbocycles. The summed E-state index contributed by atoms with van der Waals surface area (Å²) in [4.78, 5) is 23.0. The lowest BCUT2D eigenvalue weighted by Crippen LogP contribution is -2.26. The average molecular weight is 342 g/mol. The number of carbonyl (C=O) groups is 2. The number of amides is 2. The van der Waals surface area contributed by atoms with Gasteiger partial charge in [-0.2, -0.15) is 0 Å². The molecule has 0 fully saturated rings. The van der Waals surface area contributed by atoms with Crippen molar-refractivity contribution in [1.82, 2.24) is 10.8 Å². The van der Waals surface area contributed by atoms with Crippen LogP contribution < -0.4 is 15.5 Å². The average Bonchev–Trinajstić information content (AvgIpc) is 2.65. The molecular formula is C19H22N2O4. The normalized spacial score (nSPS) is 10.1. The second-order valence-electron chi connectivity index (χ2n) is 5.53. The molecule has 0 heterocycles. The number of nitrogens with one attached hydrogen (secondary N) is 2. The maximum absolute atomic E-state index is 11.8. The second-order valence-corrected chi connectivity index (χ2v) is 5.53. The number of ether oxygens (including phenoxy) is 1. The van der Waals surface area contributed by atoms with E-state index in [0.717, 1.165) is 18.4 Å². The van der Waals surface area contributed by atoms with Crippen molar-refractivity contribution < 1.29 is 19.5 Å². The van der Waals surface area contributed by atoms with Gasteiger partial charge in [0.1, 0.15) is 5.75 Å². The molecule has 0 radical (unpaired) electrons. The van der Waals surface area contributed by atoms with Crippen molar-refractivity contribution in [3.8, 4) is 5.75 Å². The van der Waals surface area contributed by atoms with Crippen LogP contribution in [0, 0.1) is 0 Å². The molecule has 2 aromatic carbocycles. The predicted octanol–water partition coefficient (Wildman–Crippen LogP) is 2.32. The van der Waals surface area contributed by atoms with E-state index in [4.69, 9.17) is 9.94 Å². The van der Waals surface area contributed by atoms with Crippen LogP contribution in [0.25, 0.3) is 0 Å². The van der Waals surface area contributed by atoms with Crippen LogP contribution in [-0.4, -0.2) is 30.2 Å². The fourth-order valence-electron chi connectivity index (χ4n) is 2.26. The Labute approximate surface area is 146 Å². The van der Waals surface area contributed by atoms with Crippen LogP contribution in [0.5, 0.6) is 5.75 Å². The zero-order valence-corrected chi connectivity index (χ0v) is 13.9. The third-order valence-corrected chi connectivity index (χ3v) is 3.59. The maximum Gasteiger partial charge on any atom is 0.274 e. The third-order valence-electron chi connectivity index (χ3n) is 3.59. The molecule has 0 unspecified atom stereocenters. The van der Waals surface area contributed by atoms with Crippen LogP contribution in [-0.2, 0) is 11.2 Å². The molecule has 0 saturated carbocycles. The van der Waals surface area contributed by atoms with Crippen molar-refractivity contribution in [2.75, 3.05) is 13.2 Å². The summed E-state index contributed by atoms with van der Waals surface area (Å²) in [5.41, 5.74) is 2.94. The van der Waals surface area contributed by atoms with Crippen molar-refractivity contribution in [3.63, 3.8) is 0 Å². The largest absolute Gasteiger partial charge is 0.494 e. The summed E-state index contributed by atoms with van der Waals surface area (Å²) in [5, 5.41) is 11.4. The highest BCUT2D eigenvalue weighted by molar-refractivity contribution is 5.93. The maximum atomic E-state index is 11.8. The van der Waals surface area contributed by atoms with E-state index >= 15 is 0 Å². The van der Waals surface area contributed by atoms with Crippen LogP contribution in [0.2, 0.25) is 0 Å². The third kappa shape index (κ3) is 6.64. The summed E-state index contributed by atoms with van der Waals surface area (Å²) in [5.74, 6) is 0.116. The van der Waals surface area contributed by atoms with Gasteiger partial charge in [0.2, 0.25) is 5.91 Å². The van der Waals surface area contributed by atoms with Crippen molar-refractivity contribution in [3.05, 3.63) is 65.7 Å². The first-order chi connectivity index (χ1) is 12.2. The lowest BCUT2D eigenvalue weighted by molar-refractivity contribution is -0.120. The minimum Gasteiger partial charge on any atom is -0.494 e. The monoisotopic (exact) mass is 342 g/mol. The Hall–Kier alpha value is -2.86. The van der Waals surface area contributed by atoms with Gasteiger partial charge < -0.3 is 10.1 Å². The fraction of sp³-hybridized carbons (Fsp3) is 0.263. The Kier molecular flexibility index (Phi) is 7.46. The first kappa shape index (κ1) is 18.5. The van der Waals surface area contributed by atoms with E-state index in [-0.39, 0.29) is 5.91 Å². The molecule has 2 aromatic rings. The number of benzene rings is 2. The second kappa shape index (κ2) is 10.1. The number of hydrogen-bond donors (Lipinski definition) is 3. The van der Waals surface area contributed by atoms with Crippen molar-refractivity contribution >= 4 is 11.8 Å². The summed E-state index contributed by atoms with van der Waals surface area (Å²) in [6.07, 6.45) is 2.03. The van der Waals surface area contributed by atoms with E-state index in [1.807, 2.05) is 30.3 Å². The van der Waals surface area contributed by atoms with Gasteiger partial charge in [-0.3, -0.25) is 14.8 Å². The Morgan fingerprint density at radius 2 is 1.68 bits per heavy atom. The first-order valence-corrected chi connectivity index (χ1v) is 8.17. The van der Waals surface area contributed by atoms with Crippen LogP contribution in [0.15, 0.2) is 54.6 Å². The molecule has 0 aromatic heterocycles. The zero-order chi connectivity index (χ0) is 17.9. The van der Waals surface area contributed by atoms with Gasteiger partial charge in [-0.15, -0.1) is 0 Å². The van der Waals surface area contributed by atoms with E-state index < -0.39 is 5.91 Å². The summed E-state index contributed by atoms with van der Waals surface area (Å²) in [7, 11) is 0. The highest BCUT2D eigenvalue weighted by Gasteiger charge is 2.04. The number of unbranched alkanes of at least 4 members (excludes halogenated alkanes) is 1. The van der Waals surface area contributed by atoms with Gasteiger partial charge in [0.25, 0.3) is 5.91 Å². The summed E-state index contributed by atoms with van der Waals surface area (Å²) in [6.45, 7) is 1.14. The van der Waals surface area contributed by atoms with E-state index in [9.17, 15) is 9.59 Å². The van der Waals surface area contributed by atoms with Gasteiger partial charge in [0.05, 0.1) is 13.0 Å². The quantitative estimate of drug-likeness (QED) is 0.371. The molecule has 0 aliphatic heterocycles. The van der Waals surface area contributed by atoms with Gasteiger partial charge in [0.15, 0.2) is 0 Å². The number of hydrogen-bond acceptors (Lipinski definition) is 4. The Bertz CT molecular complexity index is 672. The van der Waals surface area contributed by atoms with E-state index in [0.29, 0.717) is 30.9 Å². The Morgan fingerprint density at radius 1 is 0.960 bits per heavy atom. The smallest absolute Gasteiger partial charge is 0.274 e. The SMILES string of the molecule is O=C(Cc1ccccc1)NCCCCOc1ccc(C(=O)NO)cc1. The van der Waals surface area contributed by atoms with Crippen LogP contribution in [0.1, 0.15) is 28.8 Å². The Balaban J connectivity index is 1.57. The van der Waals surface area contributed by atoms with Crippen molar-refractivity contribution in [2.24, 2.45) is 0 Å². The first-order valence-electron chi connectivity index (χ1n) is 8.17. The van der Waals surface area contributed by atoms with E-state index in [1.165, 1.54) is 0 Å². The molecule has 2 amide bonds. The molecular weight excluding hydrogens is 320 g/mol. The molecule has 0 saturated heterocycles. The summed E-state index contributed by atoms with van der Waals surface area (Å²) < 4.78 is 5.57. The van der Waals surface area contributed by atoms with E-state index in [1.54, 1.807) is 29.7 Å². The van der Waals surface area contributed by atoms with Crippen molar-refractivity contribution in [2.45, 2.75) is 19.3 Å². The minimum absolute atomic E-state index is 0.0184. The molecule has 2 rings (SSSR count). The molecule has 132 valence electrons. The molecule has 6 nitrogen and oxygen atoms in total. The molecule has 6 heteroatoms. The summed E-state index contributed by atoms with van der Waals surface area (Å²) in [6, 6.07) is 16.1. The highest BCUT2D eigenvalue weighted by Crippen LogP contribution is 2.12. The summed E-state index contributed by atoms with van der Waals surface area (Å²) >= 11 is 0. The number of carbonyl (C=O) groups excluding carboxylic acids is 2. The Morgan fingerprint density at radius 3 is 2.36 bits per heavy atom. The molecule has 0 bridgehead atoms. The van der Waals surface area contributed by atoms with Gasteiger partial charge in [-0.1, -0.05) is 30.3 Å². The number of rotatable bonds is 9. The van der Waals surface area contributed by atoms with Gasteiger partial charge in [-0.25, -0.2) is 5.48 Å². The molecule has 25 heavy (non-hydrogen) atoms.